The number of nitro groups is 1. The first-order valence-electron chi connectivity index (χ1n) is 10.3. The van der Waals surface area contributed by atoms with Gasteiger partial charge < -0.3 is 19.9 Å². The second-order valence-corrected chi connectivity index (χ2v) is 8.83. The Morgan fingerprint density at radius 1 is 1.16 bits per heavy atom. The fourth-order valence-electron chi connectivity index (χ4n) is 4.07. The molecule has 0 aliphatic carbocycles. The van der Waals surface area contributed by atoms with Crippen LogP contribution in [0.1, 0.15) is 33.6 Å². The zero-order valence-corrected chi connectivity index (χ0v) is 17.8. The van der Waals surface area contributed by atoms with E-state index in [2.05, 4.69) is 20.2 Å². The Hall–Kier alpha value is -3.43. The molecule has 1 amide bonds. The van der Waals surface area contributed by atoms with Gasteiger partial charge in [-0.15, -0.1) is 0 Å². The smallest absolute Gasteiger partial charge is 0.410 e. The van der Waals surface area contributed by atoms with Crippen LogP contribution in [0.2, 0.25) is 0 Å². The molecule has 5 rings (SSSR count). The number of ether oxygens (including phenoxy) is 1. The minimum absolute atomic E-state index is 0.0217. The van der Waals surface area contributed by atoms with E-state index in [9.17, 15) is 14.9 Å². The van der Waals surface area contributed by atoms with Crippen molar-refractivity contribution in [2.45, 2.75) is 51.3 Å². The van der Waals surface area contributed by atoms with Gasteiger partial charge in [0.15, 0.2) is 0 Å². The summed E-state index contributed by atoms with van der Waals surface area (Å²) in [7, 11) is 0. The monoisotopic (exact) mass is 426 g/mol. The molecular weight excluding hydrogens is 400 g/mol. The van der Waals surface area contributed by atoms with Crippen LogP contribution in [0.4, 0.5) is 27.8 Å². The fraction of sp³-hybridized carbons (Fsp3) is 0.476. The second kappa shape index (κ2) is 8.01. The molecule has 3 fully saturated rings. The lowest BCUT2D eigenvalue weighted by Gasteiger charge is -2.51. The molecule has 2 bridgehead atoms. The molecule has 5 heterocycles. The molecule has 0 aromatic carbocycles. The first kappa shape index (κ1) is 20.8. The summed E-state index contributed by atoms with van der Waals surface area (Å²) in [4.78, 5) is 36.1. The lowest BCUT2D eigenvalue weighted by atomic mass is 9.91. The van der Waals surface area contributed by atoms with Gasteiger partial charge in [0, 0.05) is 43.3 Å². The van der Waals surface area contributed by atoms with Crippen LogP contribution < -0.4 is 10.2 Å². The van der Waals surface area contributed by atoms with E-state index in [1.165, 1.54) is 6.07 Å². The van der Waals surface area contributed by atoms with Crippen LogP contribution in [-0.2, 0) is 4.74 Å². The summed E-state index contributed by atoms with van der Waals surface area (Å²) in [6.45, 7) is 6.74. The first-order valence-corrected chi connectivity index (χ1v) is 10.3. The van der Waals surface area contributed by atoms with Crippen LogP contribution in [0, 0.1) is 10.1 Å². The molecule has 31 heavy (non-hydrogen) atoms. The van der Waals surface area contributed by atoms with Crippen LogP contribution in [-0.4, -0.2) is 56.7 Å². The molecule has 1 N–H and O–H groups in total. The molecule has 1 unspecified atom stereocenters. The molecule has 164 valence electrons. The highest BCUT2D eigenvalue weighted by Crippen LogP contribution is 2.35. The Kier molecular flexibility index (Phi) is 5.38. The highest BCUT2D eigenvalue weighted by Gasteiger charge is 2.43. The number of amides is 1. The largest absolute Gasteiger partial charge is 0.444 e. The topological polar surface area (TPSA) is 114 Å². The molecule has 3 saturated heterocycles. The van der Waals surface area contributed by atoms with Gasteiger partial charge in [0.05, 0.1) is 11.0 Å². The standard InChI is InChI=1S/C21H26N6O4/c1-21(2,3)31-20(28)26-13-15-4-5-16(26)12-25(15)18-7-6-17(27(29)30)19(24-18)23-14-8-10-22-11-9-14/h6-11,15-16H,4-5,12-13H2,1-3H3,(H,22,23,24)/t15?,16-/m1/s1. The Labute approximate surface area is 180 Å². The van der Waals surface area contributed by atoms with E-state index < -0.39 is 10.5 Å². The first-order chi connectivity index (χ1) is 14.7. The lowest BCUT2D eigenvalue weighted by molar-refractivity contribution is -0.384. The third-order valence-electron chi connectivity index (χ3n) is 5.45. The number of hydrogen-bond acceptors (Lipinski definition) is 8. The maximum atomic E-state index is 12.6. The van der Waals surface area contributed by atoms with Crippen molar-refractivity contribution in [2.24, 2.45) is 0 Å². The third kappa shape index (κ3) is 4.52. The Morgan fingerprint density at radius 2 is 1.87 bits per heavy atom. The van der Waals surface area contributed by atoms with Gasteiger partial charge in [-0.1, -0.05) is 0 Å². The van der Waals surface area contributed by atoms with Crippen molar-refractivity contribution in [3.8, 4) is 0 Å². The predicted octanol–water partition coefficient (Wildman–Crippen LogP) is 3.72. The quantitative estimate of drug-likeness (QED) is 0.581. The number of fused-ring (bicyclic) bond motifs is 3. The molecule has 0 saturated carbocycles. The number of piperazine rings is 1. The van der Waals surface area contributed by atoms with Crippen LogP contribution in [0.15, 0.2) is 36.7 Å². The summed E-state index contributed by atoms with van der Waals surface area (Å²) < 4.78 is 5.56. The number of anilines is 3. The minimum Gasteiger partial charge on any atom is -0.444 e. The van der Waals surface area contributed by atoms with Crippen molar-refractivity contribution < 1.29 is 14.5 Å². The van der Waals surface area contributed by atoms with Gasteiger partial charge in [0.25, 0.3) is 0 Å². The van der Waals surface area contributed by atoms with Crippen molar-refractivity contribution in [1.29, 1.82) is 0 Å². The summed E-state index contributed by atoms with van der Waals surface area (Å²) >= 11 is 0. The lowest BCUT2D eigenvalue weighted by Crippen LogP contribution is -2.64. The van der Waals surface area contributed by atoms with E-state index in [0.29, 0.717) is 24.6 Å². The van der Waals surface area contributed by atoms with Crippen molar-refractivity contribution >= 4 is 29.1 Å². The van der Waals surface area contributed by atoms with E-state index >= 15 is 0 Å². The Balaban J connectivity index is 1.56. The number of nitrogens with zero attached hydrogens (tertiary/aromatic N) is 5. The average molecular weight is 426 g/mol. The summed E-state index contributed by atoms with van der Waals surface area (Å²) in [5.41, 5.74) is 0.0260. The Bertz CT molecular complexity index is 978. The Morgan fingerprint density at radius 3 is 2.48 bits per heavy atom. The van der Waals surface area contributed by atoms with Crippen LogP contribution >= 0.6 is 0 Å². The van der Waals surface area contributed by atoms with E-state index in [0.717, 1.165) is 12.8 Å². The molecule has 10 nitrogen and oxygen atoms in total. The molecule has 0 radical (unpaired) electrons. The summed E-state index contributed by atoms with van der Waals surface area (Å²) in [6, 6.07) is 6.70. The maximum absolute atomic E-state index is 12.6. The number of nitrogens with one attached hydrogen (secondary N) is 1. The highest BCUT2D eigenvalue weighted by atomic mass is 16.6. The van der Waals surface area contributed by atoms with Crippen molar-refractivity contribution in [3.05, 3.63) is 46.8 Å². The number of hydrogen-bond donors (Lipinski definition) is 1. The molecule has 0 spiro atoms. The zero-order chi connectivity index (χ0) is 22.2. The van der Waals surface area contributed by atoms with Gasteiger partial charge in [0.1, 0.15) is 11.4 Å². The van der Waals surface area contributed by atoms with Gasteiger partial charge in [-0.05, 0) is 51.8 Å². The summed E-state index contributed by atoms with van der Waals surface area (Å²) in [5.74, 6) is 0.833. The number of carbonyl (C=O) groups excluding carboxylic acids is 1. The van der Waals surface area contributed by atoms with E-state index in [4.69, 9.17) is 4.74 Å². The average Bonchev–Trinajstić information content (AvgIpc) is 2.73. The van der Waals surface area contributed by atoms with Crippen molar-refractivity contribution in [2.75, 3.05) is 23.3 Å². The normalized spacial score (nSPS) is 20.5. The van der Waals surface area contributed by atoms with Gasteiger partial charge >= 0.3 is 11.8 Å². The fourth-order valence-corrected chi connectivity index (χ4v) is 4.07. The molecular formula is C21H26N6O4. The molecule has 2 atom stereocenters. The zero-order valence-electron chi connectivity index (χ0n) is 17.8. The van der Waals surface area contributed by atoms with Gasteiger partial charge in [0.2, 0.25) is 5.82 Å². The van der Waals surface area contributed by atoms with Crippen molar-refractivity contribution in [3.63, 3.8) is 0 Å². The van der Waals surface area contributed by atoms with E-state index in [1.54, 1.807) is 35.5 Å². The molecule has 2 aromatic heterocycles. The minimum atomic E-state index is -0.541. The van der Waals surface area contributed by atoms with Gasteiger partial charge in [-0.2, -0.15) is 0 Å². The molecule has 10 heteroatoms. The second-order valence-electron chi connectivity index (χ2n) is 8.83. The molecule has 2 aromatic rings. The van der Waals surface area contributed by atoms with Crippen LogP contribution in [0.5, 0.6) is 0 Å². The number of pyridine rings is 2. The third-order valence-corrected chi connectivity index (χ3v) is 5.45. The highest BCUT2D eigenvalue weighted by molar-refractivity contribution is 5.70. The maximum Gasteiger partial charge on any atom is 0.410 e. The number of piperidine rings is 2. The number of rotatable bonds is 4. The number of aromatic nitrogens is 2. The van der Waals surface area contributed by atoms with Gasteiger partial charge in [-0.3, -0.25) is 15.1 Å². The number of carbonyl (C=O) groups is 1. The molecule has 3 aliphatic heterocycles. The van der Waals surface area contributed by atoms with E-state index in [1.807, 2.05) is 20.8 Å². The van der Waals surface area contributed by atoms with Gasteiger partial charge in [-0.25, -0.2) is 9.78 Å². The predicted molar refractivity (Wildman–Crippen MR) is 116 cm³/mol. The molecule has 3 aliphatic rings. The van der Waals surface area contributed by atoms with E-state index in [-0.39, 0.29) is 29.7 Å². The summed E-state index contributed by atoms with van der Waals surface area (Å²) in [5, 5.41) is 14.5. The van der Waals surface area contributed by atoms with Crippen LogP contribution in [0.3, 0.4) is 0 Å². The SMILES string of the molecule is CC(C)(C)OC(=O)N1CC2CC[C@@H]1CN2c1ccc([N+](=O)[O-])c(Nc2ccncc2)n1. The summed E-state index contributed by atoms with van der Waals surface area (Å²) in [6.07, 6.45) is 4.74. The van der Waals surface area contributed by atoms with Crippen LogP contribution in [0.25, 0.3) is 0 Å². The van der Waals surface area contributed by atoms with Crippen molar-refractivity contribution in [1.82, 2.24) is 14.9 Å².